The molecule has 0 nitrogen and oxygen atoms in total. The predicted octanol–water partition coefficient (Wildman–Crippen LogP) is 3.55. The van der Waals surface area contributed by atoms with E-state index in [1.54, 1.807) is 6.08 Å². The number of hydrogen-bond donors (Lipinski definition) is 0. The standard InChI is InChI=1S/C7H12.C3H6/c1-7-5-3-2-4-6-7;1-3-2/h3,5,7H,2,4,6H2,1H3;3H,1H2,2H3. The molecule has 0 aliphatic heterocycles. The summed E-state index contributed by atoms with van der Waals surface area (Å²) in [5, 5.41) is 0. The number of rotatable bonds is 0. The zero-order valence-corrected chi connectivity index (χ0v) is 7.14. The molecule has 0 N–H and O–H groups in total. The molecule has 0 aromatic rings. The molecule has 1 aliphatic rings. The number of hydrogen-bond acceptors (Lipinski definition) is 0. The summed E-state index contributed by atoms with van der Waals surface area (Å²) in [6, 6.07) is 0. The van der Waals surface area contributed by atoms with E-state index in [1.807, 2.05) is 6.92 Å². The van der Waals surface area contributed by atoms with Gasteiger partial charge in [0.25, 0.3) is 0 Å². The Morgan fingerprint density at radius 2 is 2.20 bits per heavy atom. The second-order valence-electron chi connectivity index (χ2n) is 2.74. The molecule has 10 heavy (non-hydrogen) atoms. The molecule has 1 unspecified atom stereocenters. The lowest BCUT2D eigenvalue weighted by Crippen LogP contribution is -1.92. The first-order valence-electron chi connectivity index (χ1n) is 4.05. The Kier molecular flexibility index (Phi) is 6.25. The Bertz CT molecular complexity index is 101. The van der Waals surface area contributed by atoms with Crippen LogP contribution in [0, 0.1) is 5.92 Å². The van der Waals surface area contributed by atoms with Gasteiger partial charge in [-0.15, -0.1) is 6.58 Å². The Morgan fingerprint density at radius 3 is 2.40 bits per heavy atom. The summed E-state index contributed by atoms with van der Waals surface area (Å²) in [5.41, 5.74) is 0. The fourth-order valence-electron chi connectivity index (χ4n) is 0.982. The largest absolute Gasteiger partial charge is 0.103 e. The van der Waals surface area contributed by atoms with Crippen molar-refractivity contribution in [2.24, 2.45) is 5.92 Å². The molecular weight excluding hydrogens is 120 g/mol. The topological polar surface area (TPSA) is 0 Å². The van der Waals surface area contributed by atoms with Gasteiger partial charge in [0.1, 0.15) is 0 Å². The summed E-state index contributed by atoms with van der Waals surface area (Å²) >= 11 is 0. The second kappa shape index (κ2) is 6.60. The van der Waals surface area contributed by atoms with Gasteiger partial charge in [-0.2, -0.15) is 0 Å². The van der Waals surface area contributed by atoms with Crippen LogP contribution in [-0.2, 0) is 0 Å². The van der Waals surface area contributed by atoms with Crippen molar-refractivity contribution < 1.29 is 0 Å². The van der Waals surface area contributed by atoms with Gasteiger partial charge in [0.05, 0.1) is 0 Å². The van der Waals surface area contributed by atoms with Crippen LogP contribution in [0.4, 0.5) is 0 Å². The molecule has 0 saturated heterocycles. The number of allylic oxidation sites excluding steroid dienone is 3. The van der Waals surface area contributed by atoms with Crippen LogP contribution in [0.3, 0.4) is 0 Å². The Labute approximate surface area is 64.6 Å². The van der Waals surface area contributed by atoms with Gasteiger partial charge in [-0.1, -0.05) is 25.2 Å². The van der Waals surface area contributed by atoms with E-state index in [9.17, 15) is 0 Å². The van der Waals surface area contributed by atoms with Crippen molar-refractivity contribution in [3.8, 4) is 0 Å². The first-order chi connectivity index (χ1) is 4.81. The summed E-state index contributed by atoms with van der Waals surface area (Å²) in [6.45, 7) is 7.52. The van der Waals surface area contributed by atoms with E-state index in [0.29, 0.717) is 0 Å². The fourth-order valence-corrected chi connectivity index (χ4v) is 0.982. The van der Waals surface area contributed by atoms with Crippen molar-refractivity contribution >= 4 is 0 Å². The summed E-state index contributed by atoms with van der Waals surface area (Å²) in [4.78, 5) is 0. The van der Waals surface area contributed by atoms with E-state index < -0.39 is 0 Å². The van der Waals surface area contributed by atoms with E-state index in [1.165, 1.54) is 19.3 Å². The van der Waals surface area contributed by atoms with Gasteiger partial charge in [0, 0.05) is 0 Å². The molecule has 0 radical (unpaired) electrons. The molecule has 58 valence electrons. The highest BCUT2D eigenvalue weighted by Gasteiger charge is 1.98. The summed E-state index contributed by atoms with van der Waals surface area (Å²) in [6.07, 6.45) is 10.5. The van der Waals surface area contributed by atoms with Gasteiger partial charge in [0.15, 0.2) is 0 Å². The smallest absolute Gasteiger partial charge is 0.0262 e. The first kappa shape index (κ1) is 9.48. The molecule has 0 fully saturated rings. The third kappa shape index (κ3) is 5.61. The van der Waals surface area contributed by atoms with Crippen LogP contribution in [-0.4, -0.2) is 0 Å². The first-order valence-corrected chi connectivity index (χ1v) is 4.05. The van der Waals surface area contributed by atoms with Crippen LogP contribution < -0.4 is 0 Å². The SMILES string of the molecule is C=CC.CC1C=CCCC1. The lowest BCUT2D eigenvalue weighted by Gasteiger charge is -2.08. The minimum absolute atomic E-state index is 0.855. The van der Waals surface area contributed by atoms with E-state index in [-0.39, 0.29) is 0 Å². The van der Waals surface area contributed by atoms with Gasteiger partial charge in [0.2, 0.25) is 0 Å². The zero-order valence-electron chi connectivity index (χ0n) is 7.14. The third-order valence-electron chi connectivity index (χ3n) is 1.49. The maximum Gasteiger partial charge on any atom is -0.0262 e. The molecular formula is C10H18. The van der Waals surface area contributed by atoms with Gasteiger partial charge < -0.3 is 0 Å². The molecule has 1 rings (SSSR count). The van der Waals surface area contributed by atoms with E-state index in [0.717, 1.165) is 5.92 Å². The molecule has 0 aromatic carbocycles. The van der Waals surface area contributed by atoms with Crippen LogP contribution in [0.2, 0.25) is 0 Å². The quantitative estimate of drug-likeness (QED) is 0.449. The summed E-state index contributed by atoms with van der Waals surface area (Å²) in [7, 11) is 0. The Hall–Kier alpha value is -0.520. The maximum absolute atomic E-state index is 3.36. The average Bonchev–Trinajstić information content (AvgIpc) is 1.91. The molecule has 0 heteroatoms. The molecule has 1 atom stereocenters. The van der Waals surface area contributed by atoms with Crippen molar-refractivity contribution in [2.45, 2.75) is 33.1 Å². The molecule has 0 spiro atoms. The molecule has 1 aliphatic carbocycles. The van der Waals surface area contributed by atoms with Gasteiger partial charge in [-0.3, -0.25) is 0 Å². The zero-order chi connectivity index (χ0) is 7.82. The van der Waals surface area contributed by atoms with Crippen LogP contribution >= 0.6 is 0 Å². The summed E-state index contributed by atoms with van der Waals surface area (Å²) in [5.74, 6) is 0.855. The lowest BCUT2D eigenvalue weighted by atomic mass is 9.98. The Morgan fingerprint density at radius 1 is 1.60 bits per heavy atom. The van der Waals surface area contributed by atoms with Crippen molar-refractivity contribution in [3.63, 3.8) is 0 Å². The molecule has 0 saturated carbocycles. The molecule has 0 amide bonds. The fraction of sp³-hybridized carbons (Fsp3) is 0.600. The normalized spacial score (nSPS) is 22.8. The Balaban J connectivity index is 0.000000236. The van der Waals surface area contributed by atoms with Crippen molar-refractivity contribution in [1.29, 1.82) is 0 Å². The highest BCUT2D eigenvalue weighted by Crippen LogP contribution is 2.14. The average molecular weight is 138 g/mol. The van der Waals surface area contributed by atoms with E-state index in [2.05, 4.69) is 25.7 Å². The van der Waals surface area contributed by atoms with Crippen molar-refractivity contribution in [3.05, 3.63) is 24.8 Å². The summed E-state index contributed by atoms with van der Waals surface area (Å²) < 4.78 is 0. The third-order valence-corrected chi connectivity index (χ3v) is 1.49. The second-order valence-corrected chi connectivity index (χ2v) is 2.74. The van der Waals surface area contributed by atoms with Crippen LogP contribution in [0.25, 0.3) is 0 Å². The predicted molar refractivity (Wildman–Crippen MR) is 48.0 cm³/mol. The van der Waals surface area contributed by atoms with Crippen molar-refractivity contribution in [2.75, 3.05) is 0 Å². The molecule has 0 aromatic heterocycles. The van der Waals surface area contributed by atoms with Crippen LogP contribution in [0.15, 0.2) is 24.8 Å². The van der Waals surface area contributed by atoms with Crippen LogP contribution in [0.1, 0.15) is 33.1 Å². The van der Waals surface area contributed by atoms with Gasteiger partial charge in [-0.05, 0) is 32.1 Å². The maximum atomic E-state index is 3.36. The van der Waals surface area contributed by atoms with Gasteiger partial charge >= 0.3 is 0 Å². The van der Waals surface area contributed by atoms with Crippen LogP contribution in [0.5, 0.6) is 0 Å². The van der Waals surface area contributed by atoms with E-state index >= 15 is 0 Å². The van der Waals surface area contributed by atoms with E-state index in [4.69, 9.17) is 0 Å². The minimum Gasteiger partial charge on any atom is -0.103 e. The minimum atomic E-state index is 0.855. The monoisotopic (exact) mass is 138 g/mol. The van der Waals surface area contributed by atoms with Crippen molar-refractivity contribution in [1.82, 2.24) is 0 Å². The highest BCUT2D eigenvalue weighted by atomic mass is 14.0. The molecule has 0 heterocycles. The highest BCUT2D eigenvalue weighted by molar-refractivity contribution is 4.90. The van der Waals surface area contributed by atoms with Gasteiger partial charge in [-0.25, -0.2) is 0 Å². The molecule has 0 bridgehead atoms. The lowest BCUT2D eigenvalue weighted by molar-refractivity contribution is 0.584.